The number of hydrazine groups is 1. The van der Waals surface area contributed by atoms with E-state index in [4.69, 9.17) is 27.9 Å². The number of methoxy groups -OCH3 is 1. The van der Waals surface area contributed by atoms with Crippen LogP contribution in [0.2, 0.25) is 10.0 Å². The Bertz CT molecular complexity index is 1840. The summed E-state index contributed by atoms with van der Waals surface area (Å²) in [6.07, 6.45) is 3.07. The largest absolute Gasteiger partial charge is 0.508 e. The lowest BCUT2D eigenvalue weighted by Crippen LogP contribution is -2.53. The Kier molecular flexibility index (Phi) is 7.80. The number of benzene rings is 3. The van der Waals surface area contributed by atoms with Gasteiger partial charge in [0.15, 0.2) is 0 Å². The summed E-state index contributed by atoms with van der Waals surface area (Å²) in [5, 5.41) is 13.0. The highest BCUT2D eigenvalue weighted by Crippen LogP contribution is 2.65. The van der Waals surface area contributed by atoms with Gasteiger partial charge in [-0.3, -0.25) is 29.5 Å². The molecule has 2 saturated heterocycles. The molecule has 0 radical (unpaired) electrons. The molecule has 6 unspecified atom stereocenters. The molecule has 3 aromatic rings. The van der Waals surface area contributed by atoms with E-state index >= 15 is 4.79 Å². The van der Waals surface area contributed by atoms with Crippen LogP contribution in [0, 0.1) is 23.7 Å². The summed E-state index contributed by atoms with van der Waals surface area (Å²) in [7, 11) is 1.54. The molecule has 0 bridgehead atoms. The standard InChI is InChI=1S/C36H33Cl2N3O6/c1-3-16-40-32(43)24-14-13-22-25(30(24)34(40)45)18-26-33(44)41(39-28-15-10-20(37)17-27(28)38)35(46)36(26,19-8-11-21(47-2)12-9-19)31(22)23-6-4-5-7-29(23)42/h4-13,15,17,24-26,30-31,39,42H,3,14,16,18H2,1-2H3. The van der Waals surface area contributed by atoms with Gasteiger partial charge in [0.25, 0.3) is 11.8 Å². The van der Waals surface area contributed by atoms with E-state index in [2.05, 4.69) is 5.43 Å². The van der Waals surface area contributed by atoms with Crippen molar-refractivity contribution in [1.29, 1.82) is 0 Å². The quantitative estimate of drug-likeness (QED) is 0.230. The number of phenols is 1. The van der Waals surface area contributed by atoms with Crippen LogP contribution in [-0.4, -0.2) is 52.3 Å². The number of allylic oxidation sites excluding steroid dienone is 2. The van der Waals surface area contributed by atoms with Crippen molar-refractivity contribution in [3.05, 3.63) is 99.6 Å². The van der Waals surface area contributed by atoms with Crippen molar-refractivity contribution in [2.24, 2.45) is 23.7 Å². The average Bonchev–Trinajstić information content (AvgIpc) is 3.43. The van der Waals surface area contributed by atoms with E-state index in [0.717, 1.165) is 10.6 Å². The second-order valence-corrected chi connectivity index (χ2v) is 13.4. The number of hydrogen-bond acceptors (Lipinski definition) is 7. The molecule has 0 aromatic heterocycles. The van der Waals surface area contributed by atoms with E-state index in [9.17, 15) is 19.5 Å². The Hall–Kier alpha value is -4.34. The van der Waals surface area contributed by atoms with Crippen LogP contribution in [0.1, 0.15) is 43.2 Å². The molecular formula is C36H33Cl2N3O6. The summed E-state index contributed by atoms with van der Waals surface area (Å²) in [5.41, 5.74) is 3.54. The Morgan fingerprint density at radius 2 is 1.70 bits per heavy atom. The van der Waals surface area contributed by atoms with Crippen molar-refractivity contribution in [2.75, 3.05) is 19.1 Å². The van der Waals surface area contributed by atoms with Crippen LogP contribution < -0.4 is 10.2 Å². The highest BCUT2D eigenvalue weighted by Gasteiger charge is 2.70. The second kappa shape index (κ2) is 11.7. The molecule has 3 fully saturated rings. The SMILES string of the molecule is CCCN1C(=O)C2CC=C3C(CC4C(=O)N(Nc5ccc(Cl)cc5Cl)C(=O)C4(c4ccc(OC)cc4)C3c3ccccc3O)C2C1=O. The fraction of sp³-hybridized carbons (Fsp3) is 0.333. The molecule has 47 heavy (non-hydrogen) atoms. The smallest absolute Gasteiger partial charge is 0.260 e. The predicted octanol–water partition coefficient (Wildman–Crippen LogP) is 6.10. The van der Waals surface area contributed by atoms with Crippen LogP contribution >= 0.6 is 23.2 Å². The first kappa shape index (κ1) is 31.3. The number of fused-ring (bicyclic) bond motifs is 4. The van der Waals surface area contributed by atoms with E-state index in [1.54, 1.807) is 67.8 Å². The van der Waals surface area contributed by atoms with Gasteiger partial charge in [-0.1, -0.05) is 72.1 Å². The molecule has 2 aliphatic carbocycles. The van der Waals surface area contributed by atoms with Crippen LogP contribution in [0.3, 0.4) is 0 Å². The van der Waals surface area contributed by atoms with E-state index in [0.29, 0.717) is 47.0 Å². The predicted molar refractivity (Wildman–Crippen MR) is 176 cm³/mol. The number of phenolic OH excluding ortho intramolecular Hbond substituents is 1. The molecule has 3 aromatic carbocycles. The van der Waals surface area contributed by atoms with Crippen LogP contribution in [-0.2, 0) is 24.6 Å². The maximum atomic E-state index is 15.2. The monoisotopic (exact) mass is 673 g/mol. The molecule has 242 valence electrons. The highest BCUT2D eigenvalue weighted by atomic mass is 35.5. The van der Waals surface area contributed by atoms with Gasteiger partial charge in [-0.25, -0.2) is 0 Å². The van der Waals surface area contributed by atoms with Gasteiger partial charge < -0.3 is 9.84 Å². The fourth-order valence-corrected chi connectivity index (χ4v) is 8.88. The number of likely N-dealkylation sites (tertiary alicyclic amines) is 1. The summed E-state index contributed by atoms with van der Waals surface area (Å²) >= 11 is 12.6. The van der Waals surface area contributed by atoms with Gasteiger partial charge in [0, 0.05) is 23.0 Å². The molecule has 7 rings (SSSR count). The molecular weight excluding hydrogens is 641 g/mol. The average molecular weight is 675 g/mol. The molecule has 2 heterocycles. The number of aromatic hydroxyl groups is 1. The summed E-state index contributed by atoms with van der Waals surface area (Å²) in [5.74, 6) is -4.47. The molecule has 4 aliphatic rings. The lowest BCUT2D eigenvalue weighted by Gasteiger charge is -2.50. The van der Waals surface area contributed by atoms with Gasteiger partial charge in [0.05, 0.1) is 41.0 Å². The number of nitrogens with one attached hydrogen (secondary N) is 1. The summed E-state index contributed by atoms with van der Waals surface area (Å²) in [4.78, 5) is 58.6. The van der Waals surface area contributed by atoms with E-state index in [-0.39, 0.29) is 29.0 Å². The van der Waals surface area contributed by atoms with E-state index in [1.165, 1.54) is 11.0 Å². The third-order valence-corrected chi connectivity index (χ3v) is 10.9. The van der Waals surface area contributed by atoms with Gasteiger partial charge in [-0.15, -0.1) is 0 Å². The van der Waals surface area contributed by atoms with Gasteiger partial charge in [-0.05, 0) is 67.1 Å². The molecule has 0 spiro atoms. The Morgan fingerprint density at radius 1 is 0.957 bits per heavy atom. The third-order valence-electron chi connectivity index (χ3n) is 10.4. The van der Waals surface area contributed by atoms with Gasteiger partial charge >= 0.3 is 0 Å². The van der Waals surface area contributed by atoms with Crippen LogP contribution in [0.15, 0.2) is 78.4 Å². The molecule has 9 nitrogen and oxygen atoms in total. The van der Waals surface area contributed by atoms with Crippen molar-refractivity contribution in [1.82, 2.24) is 9.91 Å². The zero-order valence-electron chi connectivity index (χ0n) is 25.8. The molecule has 4 amide bonds. The van der Waals surface area contributed by atoms with Gasteiger partial charge in [0.2, 0.25) is 11.8 Å². The molecule has 6 atom stereocenters. The Balaban J connectivity index is 1.46. The summed E-state index contributed by atoms with van der Waals surface area (Å²) in [6, 6.07) is 18.5. The van der Waals surface area contributed by atoms with Gasteiger partial charge in [0.1, 0.15) is 11.5 Å². The van der Waals surface area contributed by atoms with E-state index < -0.39 is 46.8 Å². The molecule has 2 N–H and O–H groups in total. The van der Waals surface area contributed by atoms with Crippen LogP contribution in [0.4, 0.5) is 5.69 Å². The van der Waals surface area contributed by atoms with Crippen molar-refractivity contribution >= 4 is 52.5 Å². The van der Waals surface area contributed by atoms with Crippen molar-refractivity contribution in [3.63, 3.8) is 0 Å². The number of para-hydroxylation sites is 1. The minimum absolute atomic E-state index is 0.0401. The van der Waals surface area contributed by atoms with Crippen LogP contribution in [0.5, 0.6) is 11.5 Å². The first-order chi connectivity index (χ1) is 22.6. The number of rotatable bonds is 7. The maximum absolute atomic E-state index is 15.2. The highest BCUT2D eigenvalue weighted by molar-refractivity contribution is 6.36. The number of anilines is 1. The Labute approximate surface area is 282 Å². The minimum atomic E-state index is -1.53. The Morgan fingerprint density at radius 3 is 2.38 bits per heavy atom. The normalized spacial score (nSPS) is 28.2. The summed E-state index contributed by atoms with van der Waals surface area (Å²) < 4.78 is 5.43. The first-order valence-electron chi connectivity index (χ1n) is 15.7. The maximum Gasteiger partial charge on any atom is 0.260 e. The zero-order chi connectivity index (χ0) is 33.2. The number of amides is 4. The number of imide groups is 2. The number of carbonyl (C=O) groups excluding carboxylic acids is 4. The van der Waals surface area contributed by atoms with Crippen molar-refractivity contribution in [3.8, 4) is 11.5 Å². The number of hydrogen-bond donors (Lipinski definition) is 2. The van der Waals surface area contributed by atoms with E-state index in [1.807, 2.05) is 13.0 Å². The number of nitrogens with zero attached hydrogens (tertiary/aromatic N) is 2. The number of halogens is 2. The van der Waals surface area contributed by atoms with Crippen molar-refractivity contribution < 1.29 is 29.0 Å². The molecule has 11 heteroatoms. The molecule has 1 saturated carbocycles. The lowest BCUT2D eigenvalue weighted by molar-refractivity contribution is -0.141. The number of ether oxygens (including phenoxy) is 1. The topological polar surface area (TPSA) is 116 Å². The van der Waals surface area contributed by atoms with Crippen molar-refractivity contribution in [2.45, 2.75) is 37.5 Å². The second-order valence-electron chi connectivity index (χ2n) is 12.6. The fourth-order valence-electron chi connectivity index (χ4n) is 8.43. The first-order valence-corrected chi connectivity index (χ1v) is 16.5. The zero-order valence-corrected chi connectivity index (χ0v) is 27.3. The summed E-state index contributed by atoms with van der Waals surface area (Å²) in [6.45, 7) is 2.24. The lowest BCUT2D eigenvalue weighted by atomic mass is 9.49. The number of carbonyl (C=O) groups is 4. The molecule has 2 aliphatic heterocycles. The minimum Gasteiger partial charge on any atom is -0.508 e. The van der Waals surface area contributed by atoms with Gasteiger partial charge in [-0.2, -0.15) is 5.01 Å². The van der Waals surface area contributed by atoms with Crippen LogP contribution in [0.25, 0.3) is 0 Å². The third kappa shape index (κ3) is 4.58.